The van der Waals surface area contributed by atoms with E-state index in [2.05, 4.69) is 15.3 Å². The predicted molar refractivity (Wildman–Crippen MR) is 119 cm³/mol. The molecular formula is C23H31N5O4. The summed E-state index contributed by atoms with van der Waals surface area (Å²) in [6.45, 7) is 4.92. The summed E-state index contributed by atoms with van der Waals surface area (Å²) in [4.78, 5) is 24.6. The van der Waals surface area contributed by atoms with Gasteiger partial charge in [-0.1, -0.05) is 12.1 Å². The summed E-state index contributed by atoms with van der Waals surface area (Å²) < 4.78 is 10.9. The number of nitrogens with one attached hydrogen (secondary N) is 1. The van der Waals surface area contributed by atoms with Crippen molar-refractivity contribution >= 4 is 11.9 Å². The number of amides is 1. The Bertz CT molecular complexity index is 860. The Morgan fingerprint density at radius 1 is 1.16 bits per heavy atom. The van der Waals surface area contributed by atoms with Crippen molar-refractivity contribution in [3.63, 3.8) is 0 Å². The highest BCUT2D eigenvalue weighted by Crippen LogP contribution is 2.23. The molecule has 0 unspecified atom stereocenters. The predicted octanol–water partition coefficient (Wildman–Crippen LogP) is 0.835. The van der Waals surface area contributed by atoms with Crippen LogP contribution >= 0.6 is 0 Å². The number of benzene rings is 1. The molecule has 2 aliphatic rings. The molecular weight excluding hydrogens is 410 g/mol. The molecule has 1 atom stereocenters. The SMILES string of the molecule is O=C(COc1ccc(CNC[C@@]2(O)CCCN(c3ncccn3)C2)cc1)N1CCOCC1. The van der Waals surface area contributed by atoms with Crippen LogP contribution in [0.25, 0.3) is 0 Å². The van der Waals surface area contributed by atoms with Crippen LogP contribution in [-0.4, -0.2) is 84.0 Å². The molecule has 4 rings (SSSR count). The van der Waals surface area contributed by atoms with Gasteiger partial charge in [0.05, 0.1) is 25.4 Å². The van der Waals surface area contributed by atoms with Crippen molar-refractivity contribution in [1.82, 2.24) is 20.2 Å². The van der Waals surface area contributed by atoms with E-state index in [0.29, 0.717) is 57.6 Å². The van der Waals surface area contributed by atoms with E-state index in [9.17, 15) is 9.90 Å². The number of rotatable bonds is 8. The number of aromatic nitrogens is 2. The van der Waals surface area contributed by atoms with Gasteiger partial charge in [0.2, 0.25) is 5.95 Å². The number of morpholine rings is 1. The van der Waals surface area contributed by atoms with Gasteiger partial charge in [0, 0.05) is 45.1 Å². The molecule has 2 aromatic rings. The van der Waals surface area contributed by atoms with Crippen molar-refractivity contribution in [2.24, 2.45) is 0 Å². The number of piperidine rings is 1. The molecule has 2 N–H and O–H groups in total. The lowest BCUT2D eigenvalue weighted by Crippen LogP contribution is -2.53. The maximum Gasteiger partial charge on any atom is 0.260 e. The fourth-order valence-corrected chi connectivity index (χ4v) is 4.07. The monoisotopic (exact) mass is 441 g/mol. The van der Waals surface area contributed by atoms with Gasteiger partial charge in [-0.25, -0.2) is 9.97 Å². The molecule has 9 nitrogen and oxygen atoms in total. The maximum absolute atomic E-state index is 12.2. The normalized spacial score (nSPS) is 21.4. The zero-order chi connectivity index (χ0) is 22.2. The number of anilines is 1. The van der Waals surface area contributed by atoms with Gasteiger partial charge >= 0.3 is 0 Å². The minimum absolute atomic E-state index is 0.0188. The Labute approximate surface area is 188 Å². The van der Waals surface area contributed by atoms with Gasteiger partial charge < -0.3 is 29.7 Å². The molecule has 0 aliphatic carbocycles. The van der Waals surface area contributed by atoms with E-state index >= 15 is 0 Å². The van der Waals surface area contributed by atoms with Crippen LogP contribution in [0, 0.1) is 0 Å². The lowest BCUT2D eigenvalue weighted by atomic mass is 9.93. The second kappa shape index (κ2) is 10.7. The first-order chi connectivity index (χ1) is 15.6. The topological polar surface area (TPSA) is 100 Å². The van der Waals surface area contributed by atoms with Gasteiger partial charge in [0.1, 0.15) is 5.75 Å². The molecule has 2 fully saturated rings. The Balaban J connectivity index is 1.20. The number of ether oxygens (including phenoxy) is 2. The van der Waals surface area contributed by atoms with Crippen LogP contribution < -0.4 is 15.0 Å². The minimum Gasteiger partial charge on any atom is -0.484 e. The van der Waals surface area contributed by atoms with E-state index in [0.717, 1.165) is 24.9 Å². The first-order valence-corrected chi connectivity index (χ1v) is 11.1. The van der Waals surface area contributed by atoms with Gasteiger partial charge in [0.25, 0.3) is 5.91 Å². The summed E-state index contributed by atoms with van der Waals surface area (Å²) in [7, 11) is 0. The number of hydrogen-bond donors (Lipinski definition) is 2. The smallest absolute Gasteiger partial charge is 0.260 e. The zero-order valence-electron chi connectivity index (χ0n) is 18.3. The molecule has 0 spiro atoms. The van der Waals surface area contributed by atoms with E-state index in [1.54, 1.807) is 23.4 Å². The Morgan fingerprint density at radius 2 is 1.91 bits per heavy atom. The molecule has 3 heterocycles. The summed E-state index contributed by atoms with van der Waals surface area (Å²) in [6.07, 6.45) is 5.08. The van der Waals surface area contributed by atoms with Crippen LogP contribution in [0.2, 0.25) is 0 Å². The average Bonchev–Trinajstić information content (AvgIpc) is 2.84. The van der Waals surface area contributed by atoms with Crippen LogP contribution in [0.1, 0.15) is 18.4 Å². The van der Waals surface area contributed by atoms with Crippen LogP contribution in [0.15, 0.2) is 42.7 Å². The molecule has 0 bridgehead atoms. The summed E-state index contributed by atoms with van der Waals surface area (Å²) in [5, 5.41) is 14.4. The largest absolute Gasteiger partial charge is 0.484 e. The van der Waals surface area contributed by atoms with Crippen molar-refractivity contribution in [1.29, 1.82) is 0 Å². The molecule has 1 aromatic carbocycles. The minimum atomic E-state index is -0.819. The fourth-order valence-electron chi connectivity index (χ4n) is 4.07. The van der Waals surface area contributed by atoms with Crippen LogP contribution in [0.5, 0.6) is 5.75 Å². The summed E-state index contributed by atoms with van der Waals surface area (Å²) in [5.41, 5.74) is 0.264. The summed E-state index contributed by atoms with van der Waals surface area (Å²) >= 11 is 0. The van der Waals surface area contributed by atoms with Gasteiger partial charge in [-0.05, 0) is 36.6 Å². The molecule has 32 heavy (non-hydrogen) atoms. The van der Waals surface area contributed by atoms with Crippen molar-refractivity contribution in [3.05, 3.63) is 48.3 Å². The fraction of sp³-hybridized carbons (Fsp3) is 0.522. The van der Waals surface area contributed by atoms with E-state index < -0.39 is 5.60 Å². The third kappa shape index (κ3) is 6.15. The molecule has 1 amide bonds. The first-order valence-electron chi connectivity index (χ1n) is 11.1. The molecule has 2 saturated heterocycles. The highest BCUT2D eigenvalue weighted by atomic mass is 16.5. The number of nitrogens with zero attached hydrogens (tertiary/aromatic N) is 4. The van der Waals surface area contributed by atoms with Crippen molar-refractivity contribution < 1.29 is 19.4 Å². The van der Waals surface area contributed by atoms with Gasteiger partial charge in [0.15, 0.2) is 6.61 Å². The third-order valence-corrected chi connectivity index (χ3v) is 5.82. The number of hydrogen-bond acceptors (Lipinski definition) is 8. The second-order valence-corrected chi connectivity index (χ2v) is 8.33. The highest BCUT2D eigenvalue weighted by Gasteiger charge is 2.33. The molecule has 1 aromatic heterocycles. The number of aliphatic hydroxyl groups is 1. The molecule has 172 valence electrons. The van der Waals surface area contributed by atoms with E-state index in [4.69, 9.17) is 9.47 Å². The Kier molecular flexibility index (Phi) is 7.51. The van der Waals surface area contributed by atoms with Gasteiger partial charge in [-0.3, -0.25) is 4.79 Å². The average molecular weight is 442 g/mol. The standard InChI is InChI=1S/C23H31N5O4/c29-21(27-11-13-31-14-12-27)16-32-20-5-3-19(4-6-20)15-24-17-23(30)7-1-10-28(18-23)22-25-8-2-9-26-22/h2-6,8-9,24,30H,1,7,10-18H2/t23-/m0/s1. The lowest BCUT2D eigenvalue weighted by Gasteiger charge is -2.39. The Hall–Kier alpha value is -2.75. The molecule has 0 saturated carbocycles. The third-order valence-electron chi connectivity index (χ3n) is 5.82. The first kappa shape index (κ1) is 22.4. The Morgan fingerprint density at radius 3 is 2.66 bits per heavy atom. The van der Waals surface area contributed by atoms with E-state index in [1.165, 1.54) is 0 Å². The van der Waals surface area contributed by atoms with Crippen molar-refractivity contribution in [2.75, 3.05) is 57.4 Å². The quantitative estimate of drug-likeness (QED) is 0.622. The van der Waals surface area contributed by atoms with Crippen LogP contribution in [0.4, 0.5) is 5.95 Å². The molecule has 0 radical (unpaired) electrons. The van der Waals surface area contributed by atoms with Crippen LogP contribution in [-0.2, 0) is 16.1 Å². The van der Waals surface area contributed by atoms with Crippen molar-refractivity contribution in [3.8, 4) is 5.75 Å². The highest BCUT2D eigenvalue weighted by molar-refractivity contribution is 5.77. The maximum atomic E-state index is 12.2. The van der Waals surface area contributed by atoms with Crippen molar-refractivity contribution in [2.45, 2.75) is 25.0 Å². The van der Waals surface area contributed by atoms with Gasteiger partial charge in [-0.2, -0.15) is 0 Å². The number of carbonyl (C=O) groups excluding carboxylic acids is 1. The zero-order valence-corrected chi connectivity index (χ0v) is 18.3. The van der Waals surface area contributed by atoms with Crippen LogP contribution in [0.3, 0.4) is 0 Å². The van der Waals surface area contributed by atoms with E-state index in [-0.39, 0.29) is 12.5 Å². The number of β-amino-alcohol motifs (C(OH)–C–C–N with tert-alkyl or cyclic N) is 1. The molecule has 2 aliphatic heterocycles. The van der Waals surface area contributed by atoms with E-state index in [1.807, 2.05) is 29.2 Å². The lowest BCUT2D eigenvalue weighted by molar-refractivity contribution is -0.137. The number of carbonyl (C=O) groups is 1. The molecule has 9 heteroatoms. The van der Waals surface area contributed by atoms with Gasteiger partial charge in [-0.15, -0.1) is 0 Å². The summed E-state index contributed by atoms with van der Waals surface area (Å²) in [5.74, 6) is 1.31. The second-order valence-electron chi connectivity index (χ2n) is 8.33. The summed E-state index contributed by atoms with van der Waals surface area (Å²) in [6, 6.07) is 9.47.